The predicted octanol–water partition coefficient (Wildman–Crippen LogP) is 2.46. The van der Waals surface area contributed by atoms with Crippen molar-refractivity contribution >= 4 is 12.2 Å². The van der Waals surface area contributed by atoms with Crippen LogP contribution < -0.4 is 5.32 Å². The molecule has 1 amide bonds. The van der Waals surface area contributed by atoms with Crippen LogP contribution in [-0.2, 0) is 14.3 Å². The summed E-state index contributed by atoms with van der Waals surface area (Å²) in [4.78, 5) is 22.0. The molecule has 0 heterocycles. The van der Waals surface area contributed by atoms with Crippen LogP contribution >= 0.6 is 0 Å². The highest BCUT2D eigenvalue weighted by Crippen LogP contribution is 2.18. The summed E-state index contributed by atoms with van der Waals surface area (Å²) in [5.74, 6) is 2.42. The Morgan fingerprint density at radius 3 is 2.50 bits per heavy atom. The molecule has 0 fully saturated rings. The number of amides is 1. The average molecular weight is 281 g/mol. The summed E-state index contributed by atoms with van der Waals surface area (Å²) in [6, 6.07) is 0. The lowest BCUT2D eigenvalue weighted by Crippen LogP contribution is -2.44. The molecular weight excluding hydrogens is 254 g/mol. The van der Waals surface area contributed by atoms with E-state index in [4.69, 9.17) is 11.2 Å². The van der Waals surface area contributed by atoms with E-state index < -0.39 is 0 Å². The lowest BCUT2D eigenvalue weighted by atomic mass is 9.99. The fourth-order valence-electron chi connectivity index (χ4n) is 1.75. The Hall–Kier alpha value is -1.34. The standard InChI is InChI=1S/C16H27NO3/c1-6-7-9-14(19)17-15(2,3)11-13-20-16(4,5)10-8-12-18/h1,12H,7-11,13H2,2-5H3,(H,17,19). The quantitative estimate of drug-likeness (QED) is 0.494. The Balaban J connectivity index is 4.06. The average Bonchev–Trinajstić information content (AvgIpc) is 2.32. The summed E-state index contributed by atoms with van der Waals surface area (Å²) in [6.45, 7) is 8.39. The second kappa shape index (κ2) is 8.76. The van der Waals surface area contributed by atoms with Gasteiger partial charge in [0.2, 0.25) is 5.91 Å². The molecule has 4 nitrogen and oxygen atoms in total. The monoisotopic (exact) mass is 281 g/mol. The Labute approximate surface area is 122 Å². The molecule has 0 aromatic carbocycles. The molecule has 0 unspecified atom stereocenters. The van der Waals surface area contributed by atoms with Crippen molar-refractivity contribution < 1.29 is 14.3 Å². The summed E-state index contributed by atoms with van der Waals surface area (Å²) in [5, 5.41) is 2.95. The molecule has 0 saturated heterocycles. The first kappa shape index (κ1) is 18.7. The van der Waals surface area contributed by atoms with Crippen LogP contribution in [0.25, 0.3) is 0 Å². The van der Waals surface area contributed by atoms with Gasteiger partial charge in [-0.3, -0.25) is 4.79 Å². The highest BCUT2D eigenvalue weighted by atomic mass is 16.5. The molecule has 114 valence electrons. The number of nitrogens with one attached hydrogen (secondary N) is 1. The van der Waals surface area contributed by atoms with Gasteiger partial charge in [-0.1, -0.05) is 0 Å². The number of hydrogen-bond donors (Lipinski definition) is 1. The predicted molar refractivity (Wildman–Crippen MR) is 80.2 cm³/mol. The molecule has 0 saturated carbocycles. The topological polar surface area (TPSA) is 55.4 Å². The van der Waals surface area contributed by atoms with E-state index >= 15 is 0 Å². The smallest absolute Gasteiger partial charge is 0.221 e. The van der Waals surface area contributed by atoms with E-state index in [2.05, 4.69) is 11.2 Å². The highest BCUT2D eigenvalue weighted by molar-refractivity contribution is 5.76. The second-order valence-electron chi connectivity index (χ2n) is 6.20. The van der Waals surface area contributed by atoms with Crippen molar-refractivity contribution in [2.45, 2.75) is 70.9 Å². The second-order valence-corrected chi connectivity index (χ2v) is 6.20. The van der Waals surface area contributed by atoms with Gasteiger partial charge in [-0.05, 0) is 40.5 Å². The number of carbonyl (C=O) groups is 2. The molecular formula is C16H27NO3. The van der Waals surface area contributed by atoms with E-state index in [1.54, 1.807) is 0 Å². The zero-order valence-electron chi connectivity index (χ0n) is 13.1. The van der Waals surface area contributed by atoms with E-state index in [1.807, 2.05) is 27.7 Å². The third kappa shape index (κ3) is 9.57. The summed E-state index contributed by atoms with van der Waals surface area (Å²) < 4.78 is 5.79. The van der Waals surface area contributed by atoms with Crippen molar-refractivity contribution in [2.24, 2.45) is 0 Å². The Kier molecular flexibility index (Phi) is 8.17. The fraction of sp³-hybridized carbons (Fsp3) is 0.750. The molecule has 0 aromatic heterocycles. The SMILES string of the molecule is C#CCCC(=O)NC(C)(C)CCOC(C)(C)CCC=O. The van der Waals surface area contributed by atoms with Gasteiger partial charge in [-0.15, -0.1) is 12.3 Å². The molecule has 0 radical (unpaired) electrons. The van der Waals surface area contributed by atoms with E-state index in [9.17, 15) is 9.59 Å². The van der Waals surface area contributed by atoms with Gasteiger partial charge >= 0.3 is 0 Å². The van der Waals surface area contributed by atoms with Crippen molar-refractivity contribution in [1.29, 1.82) is 0 Å². The molecule has 4 heteroatoms. The van der Waals surface area contributed by atoms with Gasteiger partial charge in [-0.2, -0.15) is 0 Å². The van der Waals surface area contributed by atoms with E-state index in [0.717, 1.165) is 6.29 Å². The van der Waals surface area contributed by atoms with Crippen molar-refractivity contribution in [3.8, 4) is 12.3 Å². The maximum atomic E-state index is 11.6. The van der Waals surface area contributed by atoms with Crippen LogP contribution in [0.5, 0.6) is 0 Å². The third-order valence-electron chi connectivity index (χ3n) is 3.06. The first-order valence-electron chi connectivity index (χ1n) is 7.04. The number of hydrogen-bond acceptors (Lipinski definition) is 3. The van der Waals surface area contributed by atoms with Crippen LogP contribution in [0.3, 0.4) is 0 Å². The van der Waals surface area contributed by atoms with E-state index in [0.29, 0.717) is 38.7 Å². The lowest BCUT2D eigenvalue weighted by molar-refractivity contribution is -0.123. The van der Waals surface area contributed by atoms with Gasteiger partial charge in [0.25, 0.3) is 0 Å². The molecule has 0 aliphatic heterocycles. The Morgan fingerprint density at radius 2 is 1.95 bits per heavy atom. The largest absolute Gasteiger partial charge is 0.375 e. The van der Waals surface area contributed by atoms with Crippen LogP contribution in [0.15, 0.2) is 0 Å². The number of rotatable bonds is 10. The van der Waals surface area contributed by atoms with Crippen LogP contribution in [0.4, 0.5) is 0 Å². The van der Waals surface area contributed by atoms with E-state index in [1.165, 1.54) is 0 Å². The minimum absolute atomic E-state index is 0.0341. The summed E-state index contributed by atoms with van der Waals surface area (Å²) in [6.07, 6.45) is 8.75. The molecule has 20 heavy (non-hydrogen) atoms. The molecule has 0 bridgehead atoms. The molecule has 0 spiro atoms. The van der Waals surface area contributed by atoms with Gasteiger partial charge in [0.15, 0.2) is 0 Å². The van der Waals surface area contributed by atoms with Crippen molar-refractivity contribution in [3.05, 3.63) is 0 Å². The summed E-state index contributed by atoms with van der Waals surface area (Å²) in [5.41, 5.74) is -0.642. The number of carbonyl (C=O) groups excluding carboxylic acids is 2. The van der Waals surface area contributed by atoms with Gasteiger partial charge in [0, 0.05) is 31.4 Å². The normalized spacial score (nSPS) is 11.8. The molecule has 0 aliphatic rings. The van der Waals surface area contributed by atoms with Gasteiger partial charge in [0.05, 0.1) is 5.60 Å². The minimum Gasteiger partial charge on any atom is -0.375 e. The molecule has 0 aromatic rings. The maximum absolute atomic E-state index is 11.6. The zero-order chi connectivity index (χ0) is 15.6. The molecule has 1 N–H and O–H groups in total. The van der Waals surface area contributed by atoms with Crippen LogP contribution in [0.2, 0.25) is 0 Å². The number of terminal acetylenes is 1. The summed E-state index contributed by atoms with van der Waals surface area (Å²) >= 11 is 0. The highest BCUT2D eigenvalue weighted by Gasteiger charge is 2.23. The van der Waals surface area contributed by atoms with Crippen LogP contribution in [-0.4, -0.2) is 29.9 Å². The van der Waals surface area contributed by atoms with Crippen molar-refractivity contribution in [3.63, 3.8) is 0 Å². The van der Waals surface area contributed by atoms with Crippen molar-refractivity contribution in [2.75, 3.05) is 6.61 Å². The maximum Gasteiger partial charge on any atom is 0.221 e. The van der Waals surface area contributed by atoms with E-state index in [-0.39, 0.29) is 17.0 Å². The fourth-order valence-corrected chi connectivity index (χ4v) is 1.75. The molecule has 0 aliphatic carbocycles. The Bertz CT molecular complexity index is 353. The minimum atomic E-state index is -0.327. The molecule has 0 rings (SSSR count). The van der Waals surface area contributed by atoms with Crippen LogP contribution in [0.1, 0.15) is 59.8 Å². The van der Waals surface area contributed by atoms with Crippen LogP contribution in [0, 0.1) is 12.3 Å². The number of ether oxygens (including phenoxy) is 1. The first-order valence-corrected chi connectivity index (χ1v) is 7.04. The van der Waals surface area contributed by atoms with Gasteiger partial charge in [0.1, 0.15) is 6.29 Å². The Morgan fingerprint density at radius 1 is 1.30 bits per heavy atom. The third-order valence-corrected chi connectivity index (χ3v) is 3.06. The zero-order valence-corrected chi connectivity index (χ0v) is 13.1. The lowest BCUT2D eigenvalue weighted by Gasteiger charge is -2.30. The van der Waals surface area contributed by atoms with Gasteiger partial charge < -0.3 is 14.8 Å². The number of aldehydes is 1. The first-order chi connectivity index (χ1) is 9.22. The summed E-state index contributed by atoms with van der Waals surface area (Å²) in [7, 11) is 0. The van der Waals surface area contributed by atoms with Crippen molar-refractivity contribution in [1.82, 2.24) is 5.32 Å². The molecule has 0 atom stereocenters. The van der Waals surface area contributed by atoms with Gasteiger partial charge in [-0.25, -0.2) is 0 Å².